The average Bonchev–Trinajstić information content (AvgIpc) is 2.48. The molecule has 0 saturated carbocycles. The fourth-order valence-electron chi connectivity index (χ4n) is 2.85. The molecule has 0 atom stereocenters. The number of benzene rings is 1. The van der Waals surface area contributed by atoms with E-state index in [1.165, 1.54) is 17.7 Å². The summed E-state index contributed by atoms with van der Waals surface area (Å²) >= 11 is 1.71. The van der Waals surface area contributed by atoms with Crippen molar-refractivity contribution in [3.63, 3.8) is 0 Å². The maximum atomic E-state index is 12.3. The summed E-state index contributed by atoms with van der Waals surface area (Å²) in [6.45, 7) is 7.32. The highest BCUT2D eigenvalue weighted by Crippen LogP contribution is 2.24. The normalized spacial score (nSPS) is 17.6. The first kappa shape index (κ1) is 15.6. The van der Waals surface area contributed by atoms with E-state index in [-0.39, 0.29) is 5.78 Å². The molecule has 0 radical (unpaired) electrons. The van der Waals surface area contributed by atoms with Crippen LogP contribution in [0.5, 0.6) is 0 Å². The zero-order valence-corrected chi connectivity index (χ0v) is 13.6. The van der Waals surface area contributed by atoms with E-state index in [1.807, 2.05) is 24.3 Å². The highest BCUT2D eigenvalue weighted by Gasteiger charge is 2.22. The van der Waals surface area contributed by atoms with Crippen molar-refractivity contribution in [3.8, 4) is 0 Å². The molecule has 0 amide bonds. The van der Waals surface area contributed by atoms with Gasteiger partial charge in [0.2, 0.25) is 0 Å². The molecule has 110 valence electrons. The molecular formula is C17H25NOS. The predicted molar refractivity (Wildman–Crippen MR) is 86.6 cm³/mol. The lowest BCUT2D eigenvalue weighted by Crippen LogP contribution is -2.38. The van der Waals surface area contributed by atoms with E-state index in [9.17, 15) is 4.79 Å². The molecule has 1 aliphatic rings. The standard InChI is InChI=1S/C17H25NOS/c1-13(2)14-8-10-18(11-9-14)12-17(19)15-4-6-16(20-3)7-5-15/h4-7,13-14H,8-12H2,1-3H3. The molecule has 1 aromatic rings. The van der Waals surface area contributed by atoms with Gasteiger partial charge in [0, 0.05) is 10.5 Å². The molecule has 1 heterocycles. The van der Waals surface area contributed by atoms with Crippen molar-refractivity contribution in [2.24, 2.45) is 11.8 Å². The SMILES string of the molecule is CSc1ccc(C(=O)CN2CCC(C(C)C)CC2)cc1. The fraction of sp³-hybridized carbons (Fsp3) is 0.588. The first-order valence-corrected chi connectivity index (χ1v) is 8.72. The Bertz CT molecular complexity index is 433. The van der Waals surface area contributed by atoms with Gasteiger partial charge in [-0.05, 0) is 56.2 Å². The van der Waals surface area contributed by atoms with Gasteiger partial charge in [0.05, 0.1) is 6.54 Å². The van der Waals surface area contributed by atoms with Gasteiger partial charge < -0.3 is 0 Å². The summed E-state index contributed by atoms with van der Waals surface area (Å²) in [5.41, 5.74) is 0.841. The molecule has 1 aliphatic heterocycles. The van der Waals surface area contributed by atoms with Crippen LogP contribution in [-0.2, 0) is 0 Å². The van der Waals surface area contributed by atoms with Gasteiger partial charge in [0.1, 0.15) is 0 Å². The van der Waals surface area contributed by atoms with Crippen molar-refractivity contribution in [3.05, 3.63) is 29.8 Å². The Morgan fingerprint density at radius 1 is 1.25 bits per heavy atom. The number of thioether (sulfide) groups is 1. The maximum absolute atomic E-state index is 12.3. The van der Waals surface area contributed by atoms with E-state index < -0.39 is 0 Å². The van der Waals surface area contributed by atoms with Gasteiger partial charge in [-0.15, -0.1) is 11.8 Å². The van der Waals surface area contributed by atoms with Crippen molar-refractivity contribution in [1.29, 1.82) is 0 Å². The molecule has 20 heavy (non-hydrogen) atoms. The van der Waals surface area contributed by atoms with Gasteiger partial charge in [-0.25, -0.2) is 0 Å². The minimum Gasteiger partial charge on any atom is -0.296 e. The third-order valence-electron chi connectivity index (χ3n) is 4.35. The van der Waals surface area contributed by atoms with E-state index in [0.29, 0.717) is 6.54 Å². The molecule has 3 heteroatoms. The number of hydrogen-bond acceptors (Lipinski definition) is 3. The second-order valence-electron chi connectivity index (χ2n) is 6.01. The van der Waals surface area contributed by atoms with Crippen LogP contribution in [0.2, 0.25) is 0 Å². The monoisotopic (exact) mass is 291 g/mol. The lowest BCUT2D eigenvalue weighted by molar-refractivity contribution is 0.0880. The number of hydrogen-bond donors (Lipinski definition) is 0. The van der Waals surface area contributed by atoms with Gasteiger partial charge in [-0.3, -0.25) is 9.69 Å². The van der Waals surface area contributed by atoms with Crippen LogP contribution in [0.4, 0.5) is 0 Å². The molecule has 0 bridgehead atoms. The summed E-state index contributed by atoms with van der Waals surface area (Å²) in [4.78, 5) is 15.8. The highest BCUT2D eigenvalue weighted by atomic mass is 32.2. The summed E-state index contributed by atoms with van der Waals surface area (Å²) in [5, 5.41) is 0. The van der Waals surface area contributed by atoms with Gasteiger partial charge in [-0.2, -0.15) is 0 Å². The number of rotatable bonds is 5. The minimum atomic E-state index is 0.251. The Kier molecular flexibility index (Phi) is 5.67. The first-order chi connectivity index (χ1) is 9.60. The predicted octanol–water partition coefficient (Wildman–Crippen LogP) is 3.96. The Labute approximate surface area is 126 Å². The Hall–Kier alpha value is -0.800. The number of carbonyl (C=O) groups is 1. The summed E-state index contributed by atoms with van der Waals surface area (Å²) in [6.07, 6.45) is 4.52. The van der Waals surface area contributed by atoms with Crippen LogP contribution in [-0.4, -0.2) is 36.6 Å². The van der Waals surface area contributed by atoms with Gasteiger partial charge in [-0.1, -0.05) is 26.0 Å². The number of carbonyl (C=O) groups excluding carboxylic acids is 1. The number of Topliss-reactive ketones (excluding diaryl/α,β-unsaturated/α-hetero) is 1. The summed E-state index contributed by atoms with van der Waals surface area (Å²) < 4.78 is 0. The Morgan fingerprint density at radius 3 is 2.35 bits per heavy atom. The van der Waals surface area contributed by atoms with Crippen molar-refractivity contribution >= 4 is 17.5 Å². The van der Waals surface area contributed by atoms with Crippen LogP contribution in [0, 0.1) is 11.8 Å². The molecule has 1 saturated heterocycles. The number of piperidine rings is 1. The maximum Gasteiger partial charge on any atom is 0.176 e. The van der Waals surface area contributed by atoms with Crippen LogP contribution >= 0.6 is 11.8 Å². The average molecular weight is 291 g/mol. The number of likely N-dealkylation sites (tertiary alicyclic amines) is 1. The molecule has 0 unspecified atom stereocenters. The van der Waals surface area contributed by atoms with Crippen LogP contribution < -0.4 is 0 Å². The van der Waals surface area contributed by atoms with Crippen LogP contribution in [0.25, 0.3) is 0 Å². The lowest BCUT2D eigenvalue weighted by atomic mass is 9.86. The van der Waals surface area contributed by atoms with Gasteiger partial charge in [0.15, 0.2) is 5.78 Å². The Balaban J connectivity index is 1.85. The van der Waals surface area contributed by atoms with Crippen molar-refractivity contribution < 1.29 is 4.79 Å². The second kappa shape index (κ2) is 7.28. The number of ketones is 1. The molecule has 0 aromatic heterocycles. The molecule has 2 nitrogen and oxygen atoms in total. The van der Waals surface area contributed by atoms with Gasteiger partial charge >= 0.3 is 0 Å². The van der Waals surface area contributed by atoms with E-state index in [0.717, 1.165) is 30.5 Å². The quantitative estimate of drug-likeness (QED) is 0.605. The molecule has 0 N–H and O–H groups in total. The van der Waals surface area contributed by atoms with Crippen molar-refractivity contribution in [1.82, 2.24) is 4.90 Å². The van der Waals surface area contributed by atoms with Crippen LogP contribution in [0.3, 0.4) is 0 Å². The van der Waals surface area contributed by atoms with Crippen molar-refractivity contribution in [2.45, 2.75) is 31.6 Å². The lowest BCUT2D eigenvalue weighted by Gasteiger charge is -2.33. The molecule has 0 spiro atoms. The summed E-state index contributed by atoms with van der Waals surface area (Å²) in [7, 11) is 0. The highest BCUT2D eigenvalue weighted by molar-refractivity contribution is 7.98. The zero-order chi connectivity index (χ0) is 14.5. The summed E-state index contributed by atoms with van der Waals surface area (Å²) in [5.74, 6) is 1.86. The zero-order valence-electron chi connectivity index (χ0n) is 12.8. The van der Waals surface area contributed by atoms with E-state index >= 15 is 0 Å². The fourth-order valence-corrected chi connectivity index (χ4v) is 3.26. The van der Waals surface area contributed by atoms with Crippen molar-refractivity contribution in [2.75, 3.05) is 25.9 Å². The third kappa shape index (κ3) is 4.10. The van der Waals surface area contributed by atoms with Crippen LogP contribution in [0.1, 0.15) is 37.0 Å². The van der Waals surface area contributed by atoms with E-state index in [2.05, 4.69) is 25.0 Å². The third-order valence-corrected chi connectivity index (χ3v) is 5.10. The first-order valence-electron chi connectivity index (χ1n) is 7.49. The molecule has 1 aromatic carbocycles. The molecule has 2 rings (SSSR count). The summed E-state index contributed by atoms with van der Waals surface area (Å²) in [6, 6.07) is 7.97. The smallest absolute Gasteiger partial charge is 0.176 e. The van der Waals surface area contributed by atoms with E-state index in [4.69, 9.17) is 0 Å². The molecular weight excluding hydrogens is 266 g/mol. The second-order valence-corrected chi connectivity index (χ2v) is 6.89. The Morgan fingerprint density at radius 2 is 1.85 bits per heavy atom. The van der Waals surface area contributed by atoms with Gasteiger partial charge in [0.25, 0.3) is 0 Å². The largest absolute Gasteiger partial charge is 0.296 e. The minimum absolute atomic E-state index is 0.251. The van der Waals surface area contributed by atoms with Crippen LogP contribution in [0.15, 0.2) is 29.2 Å². The topological polar surface area (TPSA) is 20.3 Å². The number of nitrogens with zero attached hydrogens (tertiary/aromatic N) is 1. The molecule has 1 fully saturated rings. The van der Waals surface area contributed by atoms with E-state index in [1.54, 1.807) is 11.8 Å². The molecule has 0 aliphatic carbocycles.